The van der Waals surface area contributed by atoms with Crippen molar-refractivity contribution in [2.75, 3.05) is 26.0 Å². The maximum Gasteiger partial charge on any atom is 0.317 e. The molecule has 1 N–H and O–H groups in total. The van der Waals surface area contributed by atoms with Gasteiger partial charge in [-0.15, -0.1) is 0 Å². The van der Waals surface area contributed by atoms with E-state index in [1.165, 1.54) is 25.0 Å². The average molecular weight is 389 g/mol. The molecule has 0 radical (unpaired) electrons. The summed E-state index contributed by atoms with van der Waals surface area (Å²) in [5.41, 5.74) is 1.93. The first-order valence-electron chi connectivity index (χ1n) is 8.31. The number of hydrogen-bond acceptors (Lipinski definition) is 8. The van der Waals surface area contributed by atoms with Crippen LogP contribution < -0.4 is 5.32 Å². The summed E-state index contributed by atoms with van der Waals surface area (Å²) in [5.74, 6) is -0.886. The molecule has 8 nitrogen and oxygen atoms in total. The van der Waals surface area contributed by atoms with Gasteiger partial charge in [0.1, 0.15) is 22.5 Å². The van der Waals surface area contributed by atoms with Gasteiger partial charge in [0, 0.05) is 19.0 Å². The molecule has 0 aliphatic heterocycles. The number of esters is 1. The number of ether oxygens (including phenoxy) is 2. The quantitative estimate of drug-likeness (QED) is 0.271. The molecule has 0 unspecified atom stereocenters. The van der Waals surface area contributed by atoms with Crippen molar-refractivity contribution in [3.05, 3.63) is 30.6 Å². The van der Waals surface area contributed by atoms with Crippen LogP contribution in [0, 0.1) is 0 Å². The third-order valence-corrected chi connectivity index (χ3v) is 4.68. The minimum atomic E-state index is -0.883. The number of carbonyl (C=O) groups excluding carboxylic acids is 2. The number of para-hydroxylation sites is 1. The lowest BCUT2D eigenvalue weighted by Crippen LogP contribution is -2.37. The minimum absolute atomic E-state index is 0.00114. The van der Waals surface area contributed by atoms with Crippen molar-refractivity contribution < 1.29 is 23.5 Å². The monoisotopic (exact) mass is 389 g/mol. The van der Waals surface area contributed by atoms with Crippen LogP contribution in [0.1, 0.15) is 6.92 Å². The molecule has 0 saturated heterocycles. The van der Waals surface area contributed by atoms with Crippen LogP contribution in [0.25, 0.3) is 22.1 Å². The highest BCUT2D eigenvalue weighted by Gasteiger charge is 2.19. The van der Waals surface area contributed by atoms with Gasteiger partial charge in [0.2, 0.25) is 0 Å². The van der Waals surface area contributed by atoms with Crippen molar-refractivity contribution >= 4 is 45.7 Å². The molecule has 0 fully saturated rings. The molecule has 0 bridgehead atoms. The van der Waals surface area contributed by atoms with Gasteiger partial charge in [-0.3, -0.25) is 9.59 Å². The van der Waals surface area contributed by atoms with Crippen molar-refractivity contribution in [3.63, 3.8) is 0 Å². The highest BCUT2D eigenvalue weighted by atomic mass is 32.2. The number of methoxy groups -OCH3 is 1. The van der Waals surface area contributed by atoms with E-state index < -0.39 is 12.1 Å². The second kappa shape index (κ2) is 8.83. The molecule has 0 spiro atoms. The summed E-state index contributed by atoms with van der Waals surface area (Å²) in [4.78, 5) is 32.3. The molecule has 3 rings (SSSR count). The lowest BCUT2D eigenvalue weighted by molar-refractivity contribution is -0.152. The Morgan fingerprint density at radius 3 is 2.93 bits per heavy atom. The van der Waals surface area contributed by atoms with E-state index in [2.05, 4.69) is 15.3 Å². The van der Waals surface area contributed by atoms with E-state index in [1.54, 1.807) is 7.11 Å². The summed E-state index contributed by atoms with van der Waals surface area (Å²) in [6.45, 7) is 2.27. The van der Waals surface area contributed by atoms with E-state index in [9.17, 15) is 9.59 Å². The van der Waals surface area contributed by atoms with Gasteiger partial charge in [0.25, 0.3) is 5.91 Å². The number of fused-ring (bicyclic) bond motifs is 3. The second-order valence-corrected chi connectivity index (χ2v) is 6.62. The van der Waals surface area contributed by atoms with Crippen LogP contribution in [0.4, 0.5) is 0 Å². The van der Waals surface area contributed by atoms with E-state index in [4.69, 9.17) is 13.9 Å². The van der Waals surface area contributed by atoms with Crippen LogP contribution in [0.3, 0.4) is 0 Å². The Hall–Kier alpha value is -2.65. The van der Waals surface area contributed by atoms with Gasteiger partial charge >= 0.3 is 5.97 Å². The number of furan rings is 1. The summed E-state index contributed by atoms with van der Waals surface area (Å²) in [7, 11) is 1.54. The maximum atomic E-state index is 12.0. The molecule has 1 aromatic carbocycles. The number of nitrogens with one attached hydrogen (secondary N) is 1. The highest BCUT2D eigenvalue weighted by molar-refractivity contribution is 8.00. The Morgan fingerprint density at radius 2 is 2.11 bits per heavy atom. The van der Waals surface area contributed by atoms with Crippen molar-refractivity contribution in [3.8, 4) is 0 Å². The number of thioether (sulfide) groups is 1. The van der Waals surface area contributed by atoms with Crippen molar-refractivity contribution in [2.45, 2.75) is 18.1 Å². The molecule has 3 aromatic rings. The molecular weight excluding hydrogens is 370 g/mol. The summed E-state index contributed by atoms with van der Waals surface area (Å²) < 4.78 is 15.8. The van der Waals surface area contributed by atoms with E-state index in [0.29, 0.717) is 34.9 Å². The van der Waals surface area contributed by atoms with E-state index in [-0.39, 0.29) is 11.7 Å². The van der Waals surface area contributed by atoms with Crippen LogP contribution in [0.2, 0.25) is 0 Å². The van der Waals surface area contributed by atoms with Gasteiger partial charge in [0.05, 0.1) is 12.4 Å². The zero-order valence-electron chi connectivity index (χ0n) is 14.9. The fourth-order valence-electron chi connectivity index (χ4n) is 2.44. The SMILES string of the molecule is COCCNC(=O)[C@@H](C)OC(=O)CSc1ncnc2c1oc1ccccc12. The third-order valence-electron chi connectivity index (χ3n) is 3.73. The number of nitrogens with zero attached hydrogens (tertiary/aromatic N) is 2. The zero-order chi connectivity index (χ0) is 19.2. The number of aromatic nitrogens is 2. The minimum Gasteiger partial charge on any atom is -0.452 e. The van der Waals surface area contributed by atoms with E-state index in [1.807, 2.05) is 24.3 Å². The lowest BCUT2D eigenvalue weighted by atomic mass is 10.2. The van der Waals surface area contributed by atoms with Gasteiger partial charge in [0.15, 0.2) is 11.7 Å². The molecule has 1 atom stereocenters. The average Bonchev–Trinajstić information content (AvgIpc) is 3.05. The van der Waals surface area contributed by atoms with Crippen molar-refractivity contribution in [1.29, 1.82) is 0 Å². The molecule has 27 heavy (non-hydrogen) atoms. The first-order valence-corrected chi connectivity index (χ1v) is 9.30. The van der Waals surface area contributed by atoms with Crippen LogP contribution >= 0.6 is 11.8 Å². The topological polar surface area (TPSA) is 104 Å². The number of benzene rings is 1. The predicted molar refractivity (Wildman–Crippen MR) is 100 cm³/mol. The smallest absolute Gasteiger partial charge is 0.317 e. The standard InChI is InChI=1S/C18H19N3O5S/c1-11(17(23)19-7-8-24-2)25-14(22)9-27-18-16-15(20-10-21-18)12-5-3-4-6-13(12)26-16/h3-6,10-11H,7-9H2,1-2H3,(H,19,23)/t11-/m1/s1. The Bertz CT molecular complexity index is 958. The molecule has 0 saturated carbocycles. The molecule has 9 heteroatoms. The summed E-state index contributed by atoms with van der Waals surface area (Å²) >= 11 is 1.18. The van der Waals surface area contributed by atoms with E-state index >= 15 is 0 Å². The van der Waals surface area contributed by atoms with Gasteiger partial charge in [-0.05, 0) is 19.1 Å². The largest absolute Gasteiger partial charge is 0.452 e. The molecule has 0 aliphatic carbocycles. The maximum absolute atomic E-state index is 12.0. The Labute approximate surface area is 159 Å². The number of rotatable bonds is 8. The number of carbonyl (C=O) groups is 2. The summed E-state index contributed by atoms with van der Waals surface area (Å²) in [5, 5.41) is 4.05. The molecule has 2 aromatic heterocycles. The third kappa shape index (κ3) is 4.55. The molecule has 1 amide bonds. The first-order chi connectivity index (χ1) is 13.1. The van der Waals surface area contributed by atoms with Crippen LogP contribution in [0.15, 0.2) is 40.0 Å². The predicted octanol–water partition coefficient (Wildman–Crippen LogP) is 2.16. The molecule has 2 heterocycles. The Morgan fingerprint density at radius 1 is 1.30 bits per heavy atom. The van der Waals surface area contributed by atoms with Gasteiger partial charge < -0.3 is 19.2 Å². The van der Waals surface area contributed by atoms with Gasteiger partial charge in [-0.2, -0.15) is 0 Å². The number of hydrogen-bond donors (Lipinski definition) is 1. The zero-order valence-corrected chi connectivity index (χ0v) is 15.7. The molecule has 142 valence electrons. The Kier molecular flexibility index (Phi) is 6.25. The van der Waals surface area contributed by atoms with Crippen molar-refractivity contribution in [1.82, 2.24) is 15.3 Å². The first kappa shape index (κ1) is 19.1. The summed E-state index contributed by atoms with van der Waals surface area (Å²) in [6.07, 6.45) is 0.552. The van der Waals surface area contributed by atoms with Gasteiger partial charge in [-0.1, -0.05) is 23.9 Å². The van der Waals surface area contributed by atoms with Crippen LogP contribution in [-0.4, -0.2) is 54.0 Å². The lowest BCUT2D eigenvalue weighted by Gasteiger charge is -2.13. The fraction of sp³-hybridized carbons (Fsp3) is 0.333. The molecule has 0 aliphatic rings. The van der Waals surface area contributed by atoms with Crippen molar-refractivity contribution in [2.24, 2.45) is 0 Å². The Balaban J connectivity index is 1.61. The van der Waals surface area contributed by atoms with Gasteiger partial charge in [-0.25, -0.2) is 9.97 Å². The van der Waals surface area contributed by atoms with Crippen LogP contribution in [-0.2, 0) is 19.1 Å². The summed E-state index contributed by atoms with van der Waals surface area (Å²) in [6, 6.07) is 7.55. The highest BCUT2D eigenvalue weighted by Crippen LogP contribution is 2.32. The molecular formula is C18H19N3O5S. The second-order valence-electron chi connectivity index (χ2n) is 5.66. The normalized spacial score (nSPS) is 12.2. The fourth-order valence-corrected chi connectivity index (χ4v) is 3.15. The van der Waals surface area contributed by atoms with E-state index in [0.717, 1.165) is 5.39 Å². The van der Waals surface area contributed by atoms with Crippen LogP contribution in [0.5, 0.6) is 0 Å². The number of amides is 1.